The van der Waals surface area contributed by atoms with E-state index < -0.39 is 71.6 Å². The predicted octanol–water partition coefficient (Wildman–Crippen LogP) is -0.138. The van der Waals surface area contributed by atoms with E-state index in [0.29, 0.717) is 0 Å². The molecule has 3 heterocycles. The van der Waals surface area contributed by atoms with Gasteiger partial charge >= 0.3 is 5.97 Å². The molecule has 48 heavy (non-hydrogen) atoms. The zero-order valence-corrected chi connectivity index (χ0v) is 27.4. The van der Waals surface area contributed by atoms with Crippen LogP contribution in [0.1, 0.15) is 50.2 Å². The Hall–Kier alpha value is -3.40. The number of hydrogen-bond acceptors (Lipinski definition) is 11. The lowest BCUT2D eigenvalue weighted by molar-refractivity contribution is -0.235. The third-order valence-electron chi connectivity index (χ3n) is 10.5. The van der Waals surface area contributed by atoms with Crippen molar-refractivity contribution in [2.24, 2.45) is 17.3 Å². The molecule has 3 saturated carbocycles. The van der Waals surface area contributed by atoms with Gasteiger partial charge in [-0.2, -0.15) is 5.06 Å². The lowest BCUT2D eigenvalue weighted by Crippen LogP contribution is -2.71. The Morgan fingerprint density at radius 1 is 1.08 bits per heavy atom. The average Bonchev–Trinajstić information content (AvgIpc) is 4.01. The van der Waals surface area contributed by atoms with Crippen LogP contribution in [0.4, 0.5) is 0 Å². The third kappa shape index (κ3) is 5.61. The lowest BCUT2D eigenvalue weighted by atomic mass is 9.62. The first-order valence-corrected chi connectivity index (χ1v) is 16.8. The number of esters is 1. The van der Waals surface area contributed by atoms with E-state index in [-0.39, 0.29) is 43.9 Å². The number of likely N-dealkylation sites (N-methyl/N-ethyl adjacent to an activating group) is 1. The number of hydrogen-bond donors (Lipinski definition) is 4. The van der Waals surface area contributed by atoms with Gasteiger partial charge in [0.1, 0.15) is 35.9 Å². The molecule has 1 aromatic rings. The SMILES string of the molecule is C[C@H](O)[C@@H](NC(=O)[C@@]12C[C@H]3OC(=O)[C@@H]1N(Cc1ccc(C=CC(=O)N(C)C)cc1)O[C@@H]2[C@H]1OC(C2CC2)(C2CC2)O[C@H]13)C(=O)NCCO. The first-order valence-electron chi connectivity index (χ1n) is 16.8. The standard InChI is InChI=1S/C34H44N4O10/c1-18(40)25(30(42)35-14-15-39)36-32(44)33-16-23-26-27(47-34(46-26,21-9-10-21)22-11-12-22)29(33)48-38(28(33)31(43)45-23)17-20-6-4-19(5-7-20)8-13-24(41)37(2)3/h4-8,13,18,21-23,25-29,39-40H,9-12,14-17H2,1-3H3,(H,35,42)(H,36,44)/t18-,23+,25+,26-,27-,28-,29+,33-/m0/s1. The van der Waals surface area contributed by atoms with Crippen LogP contribution in [0, 0.1) is 17.3 Å². The van der Waals surface area contributed by atoms with Gasteiger partial charge < -0.3 is 40.0 Å². The van der Waals surface area contributed by atoms with Crippen molar-refractivity contribution in [3.8, 4) is 0 Å². The molecule has 3 aliphatic heterocycles. The fourth-order valence-corrected chi connectivity index (χ4v) is 7.87. The Morgan fingerprint density at radius 2 is 1.75 bits per heavy atom. The quantitative estimate of drug-likeness (QED) is 0.172. The maximum absolute atomic E-state index is 14.6. The highest BCUT2D eigenvalue weighted by Gasteiger charge is 2.78. The first kappa shape index (κ1) is 33.1. The molecular formula is C34H44N4O10. The molecule has 7 rings (SSSR count). The van der Waals surface area contributed by atoms with Gasteiger partial charge in [0.2, 0.25) is 17.7 Å². The van der Waals surface area contributed by atoms with Crippen molar-refractivity contribution < 1.29 is 48.4 Å². The summed E-state index contributed by atoms with van der Waals surface area (Å²) in [5.74, 6) is -2.44. The maximum Gasteiger partial charge on any atom is 0.327 e. The monoisotopic (exact) mass is 668 g/mol. The molecular weight excluding hydrogens is 624 g/mol. The first-order chi connectivity index (χ1) is 23.0. The molecule has 8 atom stereocenters. The molecule has 0 aromatic heterocycles. The van der Waals surface area contributed by atoms with E-state index in [1.165, 1.54) is 23.0 Å². The van der Waals surface area contributed by atoms with Gasteiger partial charge in [0, 0.05) is 45.0 Å². The van der Waals surface area contributed by atoms with Crippen molar-refractivity contribution in [3.63, 3.8) is 0 Å². The number of nitrogens with one attached hydrogen (secondary N) is 2. The van der Waals surface area contributed by atoms with Crippen LogP contribution < -0.4 is 10.6 Å². The number of nitrogens with zero attached hydrogens (tertiary/aromatic N) is 2. The van der Waals surface area contributed by atoms with Crippen molar-refractivity contribution in [3.05, 3.63) is 41.5 Å². The number of benzene rings is 1. The van der Waals surface area contributed by atoms with Crippen molar-refractivity contribution in [1.29, 1.82) is 0 Å². The van der Waals surface area contributed by atoms with E-state index in [1.807, 2.05) is 24.3 Å². The molecule has 14 heteroatoms. The summed E-state index contributed by atoms with van der Waals surface area (Å²) in [4.78, 5) is 61.6. The number of carbonyl (C=O) groups excluding carboxylic acids is 4. The molecule has 4 N–H and O–H groups in total. The van der Waals surface area contributed by atoms with E-state index in [0.717, 1.165) is 36.8 Å². The van der Waals surface area contributed by atoms with Crippen LogP contribution in [-0.2, 0) is 44.8 Å². The van der Waals surface area contributed by atoms with Gasteiger partial charge in [-0.3, -0.25) is 24.0 Å². The zero-order chi connectivity index (χ0) is 34.0. The normalized spacial score (nSPS) is 33.1. The molecule has 1 aromatic carbocycles. The molecule has 3 amide bonds. The summed E-state index contributed by atoms with van der Waals surface area (Å²) in [6.07, 6.45) is 2.84. The predicted molar refractivity (Wildman–Crippen MR) is 167 cm³/mol. The number of aliphatic hydroxyl groups excluding tert-OH is 2. The number of aliphatic hydroxyl groups is 2. The summed E-state index contributed by atoms with van der Waals surface area (Å²) >= 11 is 0. The van der Waals surface area contributed by atoms with Crippen molar-refractivity contribution in [2.75, 3.05) is 27.2 Å². The summed E-state index contributed by atoms with van der Waals surface area (Å²) < 4.78 is 19.6. The molecule has 2 bridgehead atoms. The number of amides is 3. The summed E-state index contributed by atoms with van der Waals surface area (Å²) in [5, 5.41) is 26.5. The number of ether oxygens (including phenoxy) is 3. The molecule has 6 aliphatic rings. The molecule has 3 aliphatic carbocycles. The minimum atomic E-state index is -1.52. The van der Waals surface area contributed by atoms with Crippen LogP contribution in [0.5, 0.6) is 0 Å². The second kappa shape index (κ2) is 12.5. The Labute approximate surface area is 278 Å². The molecule has 3 saturated heterocycles. The fourth-order valence-electron chi connectivity index (χ4n) is 7.87. The molecule has 0 spiro atoms. The Balaban J connectivity index is 1.21. The van der Waals surface area contributed by atoms with Crippen LogP contribution in [0.15, 0.2) is 30.3 Å². The number of carbonyl (C=O) groups is 4. The van der Waals surface area contributed by atoms with Crippen LogP contribution in [0.2, 0.25) is 0 Å². The van der Waals surface area contributed by atoms with Crippen LogP contribution >= 0.6 is 0 Å². The van der Waals surface area contributed by atoms with E-state index in [2.05, 4.69) is 10.6 Å². The van der Waals surface area contributed by atoms with Gasteiger partial charge in [-0.25, -0.2) is 0 Å². The summed E-state index contributed by atoms with van der Waals surface area (Å²) in [6, 6.07) is 4.88. The van der Waals surface area contributed by atoms with Crippen LogP contribution in [0.25, 0.3) is 6.08 Å². The lowest BCUT2D eigenvalue weighted by Gasteiger charge is -2.49. The Bertz CT molecular complexity index is 1460. The highest BCUT2D eigenvalue weighted by atomic mass is 16.8. The Kier molecular flexibility index (Phi) is 8.61. The topological polar surface area (TPSA) is 176 Å². The third-order valence-corrected chi connectivity index (χ3v) is 10.5. The van der Waals surface area contributed by atoms with Gasteiger partial charge in [0.25, 0.3) is 0 Å². The van der Waals surface area contributed by atoms with E-state index in [4.69, 9.17) is 19.0 Å². The van der Waals surface area contributed by atoms with Crippen LogP contribution in [-0.4, -0.2) is 120 Å². The minimum absolute atomic E-state index is 0.0561. The van der Waals surface area contributed by atoms with Gasteiger partial charge in [-0.15, -0.1) is 0 Å². The summed E-state index contributed by atoms with van der Waals surface area (Å²) in [5.41, 5.74) is 0.0685. The van der Waals surface area contributed by atoms with Crippen LogP contribution in [0.3, 0.4) is 0 Å². The maximum atomic E-state index is 14.6. The molecule has 14 nitrogen and oxygen atoms in total. The summed E-state index contributed by atoms with van der Waals surface area (Å²) in [6.45, 7) is 1.14. The second-order valence-electron chi connectivity index (χ2n) is 14.2. The second-order valence-corrected chi connectivity index (χ2v) is 14.2. The number of hydroxylamine groups is 2. The minimum Gasteiger partial charge on any atom is -0.458 e. The Morgan fingerprint density at radius 3 is 2.35 bits per heavy atom. The van der Waals surface area contributed by atoms with Crippen molar-refractivity contribution in [2.45, 2.75) is 94.0 Å². The fraction of sp³-hybridized carbons (Fsp3) is 0.647. The van der Waals surface area contributed by atoms with Gasteiger partial charge in [-0.1, -0.05) is 24.3 Å². The van der Waals surface area contributed by atoms with E-state index in [9.17, 15) is 29.4 Å². The smallest absolute Gasteiger partial charge is 0.327 e. The van der Waals surface area contributed by atoms with Gasteiger partial charge in [0.15, 0.2) is 11.8 Å². The van der Waals surface area contributed by atoms with E-state index >= 15 is 0 Å². The highest BCUT2D eigenvalue weighted by Crippen LogP contribution is 2.63. The van der Waals surface area contributed by atoms with Gasteiger partial charge in [0.05, 0.1) is 19.3 Å². The molecule has 6 fully saturated rings. The number of rotatable bonds is 12. The number of fused-ring (bicyclic) bond motifs is 4. The van der Waals surface area contributed by atoms with Gasteiger partial charge in [-0.05, 0) is 49.8 Å². The molecule has 260 valence electrons. The molecule has 0 radical (unpaired) electrons. The zero-order valence-electron chi connectivity index (χ0n) is 27.4. The molecule has 0 unspecified atom stereocenters. The summed E-state index contributed by atoms with van der Waals surface area (Å²) in [7, 11) is 3.35. The van der Waals surface area contributed by atoms with Crippen molar-refractivity contribution in [1.82, 2.24) is 20.6 Å². The average molecular weight is 669 g/mol. The highest BCUT2D eigenvalue weighted by molar-refractivity contribution is 5.96. The largest absolute Gasteiger partial charge is 0.458 e. The van der Waals surface area contributed by atoms with Crippen molar-refractivity contribution >= 4 is 29.8 Å². The van der Waals surface area contributed by atoms with E-state index in [1.54, 1.807) is 20.2 Å².